The maximum atomic E-state index is 12.3. The fraction of sp³-hybridized carbons (Fsp3) is 0.300. The molecule has 0 heterocycles. The van der Waals surface area contributed by atoms with Crippen LogP contribution in [0.4, 0.5) is 11.4 Å². The Morgan fingerprint density at radius 1 is 1.04 bits per heavy atom. The molecule has 1 fully saturated rings. The summed E-state index contributed by atoms with van der Waals surface area (Å²) in [6.07, 6.45) is 1.94. The van der Waals surface area contributed by atoms with Crippen LogP contribution in [-0.4, -0.2) is 17.6 Å². The zero-order valence-electron chi connectivity index (χ0n) is 14.5. The van der Waals surface area contributed by atoms with Crippen LogP contribution in [0.1, 0.15) is 24.0 Å². The van der Waals surface area contributed by atoms with Gasteiger partial charge in [0.1, 0.15) is 0 Å². The second kappa shape index (κ2) is 7.74. The van der Waals surface area contributed by atoms with Crippen molar-refractivity contribution in [1.29, 1.82) is 0 Å². The van der Waals surface area contributed by atoms with Crippen molar-refractivity contribution in [2.45, 2.75) is 31.6 Å². The summed E-state index contributed by atoms with van der Waals surface area (Å²) >= 11 is 1.43. The lowest BCUT2D eigenvalue weighted by Crippen LogP contribution is -2.16. The molecule has 5 heteroatoms. The first-order valence-electron chi connectivity index (χ1n) is 8.43. The van der Waals surface area contributed by atoms with Gasteiger partial charge >= 0.3 is 0 Å². The van der Waals surface area contributed by atoms with E-state index in [0.717, 1.165) is 34.7 Å². The van der Waals surface area contributed by atoms with Crippen LogP contribution in [0.3, 0.4) is 0 Å². The molecule has 2 aromatic carbocycles. The fourth-order valence-electron chi connectivity index (χ4n) is 2.56. The molecule has 3 rings (SSSR count). The van der Waals surface area contributed by atoms with Crippen molar-refractivity contribution < 1.29 is 9.59 Å². The molecule has 0 radical (unpaired) electrons. The molecule has 0 spiro atoms. The van der Waals surface area contributed by atoms with Gasteiger partial charge in [0.15, 0.2) is 0 Å². The highest BCUT2D eigenvalue weighted by molar-refractivity contribution is 8.00. The SMILES string of the molecule is Cc1ccc(NC(=O)CSc2ccccc2NC(=O)C2CC2)c(C)c1. The summed E-state index contributed by atoms with van der Waals surface area (Å²) in [5, 5.41) is 5.92. The van der Waals surface area contributed by atoms with Crippen molar-refractivity contribution in [2.24, 2.45) is 5.92 Å². The van der Waals surface area contributed by atoms with Crippen LogP contribution in [0.5, 0.6) is 0 Å². The monoisotopic (exact) mass is 354 g/mol. The van der Waals surface area contributed by atoms with Crippen molar-refractivity contribution in [3.63, 3.8) is 0 Å². The molecule has 4 nitrogen and oxygen atoms in total. The molecule has 2 N–H and O–H groups in total. The van der Waals surface area contributed by atoms with E-state index in [9.17, 15) is 9.59 Å². The Bertz CT molecular complexity index is 800. The van der Waals surface area contributed by atoms with Crippen LogP contribution in [0.25, 0.3) is 0 Å². The lowest BCUT2D eigenvalue weighted by molar-refractivity contribution is -0.117. The quantitative estimate of drug-likeness (QED) is 0.757. The number of anilines is 2. The predicted molar refractivity (Wildman–Crippen MR) is 103 cm³/mol. The molecule has 0 aliphatic heterocycles. The Labute approximate surface area is 152 Å². The summed E-state index contributed by atoms with van der Waals surface area (Å²) < 4.78 is 0. The van der Waals surface area contributed by atoms with Crippen molar-refractivity contribution in [3.8, 4) is 0 Å². The van der Waals surface area contributed by atoms with Gasteiger partial charge in [0, 0.05) is 16.5 Å². The number of hydrogen-bond donors (Lipinski definition) is 2. The highest BCUT2D eigenvalue weighted by Gasteiger charge is 2.29. The van der Waals surface area contributed by atoms with Gasteiger partial charge in [-0.25, -0.2) is 0 Å². The number of para-hydroxylation sites is 1. The number of amides is 2. The van der Waals surface area contributed by atoms with E-state index in [2.05, 4.69) is 10.6 Å². The van der Waals surface area contributed by atoms with Crippen molar-refractivity contribution in [1.82, 2.24) is 0 Å². The Morgan fingerprint density at radius 3 is 2.52 bits per heavy atom. The summed E-state index contributed by atoms with van der Waals surface area (Å²) in [6.45, 7) is 4.01. The third-order valence-electron chi connectivity index (χ3n) is 4.11. The van der Waals surface area contributed by atoms with Crippen LogP contribution >= 0.6 is 11.8 Å². The van der Waals surface area contributed by atoms with E-state index < -0.39 is 0 Å². The minimum atomic E-state index is -0.0553. The third-order valence-corrected chi connectivity index (χ3v) is 5.18. The Kier molecular flexibility index (Phi) is 5.43. The van der Waals surface area contributed by atoms with Crippen LogP contribution in [-0.2, 0) is 9.59 Å². The summed E-state index contributed by atoms with van der Waals surface area (Å²) in [7, 11) is 0. The molecule has 0 atom stereocenters. The molecule has 1 saturated carbocycles. The highest BCUT2D eigenvalue weighted by Crippen LogP contribution is 2.32. The summed E-state index contributed by atoms with van der Waals surface area (Å²) in [4.78, 5) is 25.1. The highest BCUT2D eigenvalue weighted by atomic mass is 32.2. The van der Waals surface area contributed by atoms with E-state index in [-0.39, 0.29) is 17.7 Å². The van der Waals surface area contributed by atoms with E-state index >= 15 is 0 Å². The molecule has 1 aliphatic carbocycles. The molecule has 0 bridgehead atoms. The first-order valence-corrected chi connectivity index (χ1v) is 9.41. The summed E-state index contributed by atoms with van der Waals surface area (Å²) in [5.41, 5.74) is 3.84. The van der Waals surface area contributed by atoms with E-state index in [1.807, 2.05) is 56.3 Å². The summed E-state index contributed by atoms with van der Waals surface area (Å²) in [5.74, 6) is 0.475. The lowest BCUT2D eigenvalue weighted by Gasteiger charge is -2.11. The molecular weight excluding hydrogens is 332 g/mol. The van der Waals surface area contributed by atoms with Crippen LogP contribution in [0, 0.1) is 19.8 Å². The zero-order valence-corrected chi connectivity index (χ0v) is 15.3. The average molecular weight is 354 g/mol. The van der Waals surface area contributed by atoms with Gasteiger partial charge in [0.05, 0.1) is 11.4 Å². The molecule has 0 aromatic heterocycles. The maximum Gasteiger partial charge on any atom is 0.234 e. The standard InChI is InChI=1S/C20H22N2O2S/c1-13-7-10-16(14(2)11-13)21-19(23)12-25-18-6-4-3-5-17(18)22-20(24)15-8-9-15/h3-7,10-11,15H,8-9,12H2,1-2H3,(H,21,23)(H,22,24). The minimum Gasteiger partial charge on any atom is -0.325 e. The molecule has 0 unspecified atom stereocenters. The topological polar surface area (TPSA) is 58.2 Å². The van der Waals surface area contributed by atoms with Gasteiger partial charge in [-0.2, -0.15) is 0 Å². The van der Waals surface area contributed by atoms with E-state index in [0.29, 0.717) is 5.75 Å². The normalized spacial score (nSPS) is 13.4. The fourth-order valence-corrected chi connectivity index (χ4v) is 3.37. The maximum absolute atomic E-state index is 12.3. The van der Waals surface area contributed by atoms with Gasteiger partial charge in [0.2, 0.25) is 11.8 Å². The number of benzene rings is 2. The van der Waals surface area contributed by atoms with Gasteiger partial charge in [0.25, 0.3) is 0 Å². The molecule has 130 valence electrons. The van der Waals surface area contributed by atoms with Crippen molar-refractivity contribution >= 4 is 35.0 Å². The van der Waals surface area contributed by atoms with Crippen molar-refractivity contribution in [3.05, 3.63) is 53.6 Å². The number of nitrogens with one attached hydrogen (secondary N) is 2. The predicted octanol–water partition coefficient (Wildman–Crippen LogP) is 4.38. The molecule has 0 saturated heterocycles. The number of thioether (sulfide) groups is 1. The molecular formula is C20H22N2O2S. The van der Waals surface area contributed by atoms with E-state index in [1.165, 1.54) is 17.3 Å². The van der Waals surface area contributed by atoms with E-state index in [4.69, 9.17) is 0 Å². The first kappa shape index (κ1) is 17.5. The van der Waals surface area contributed by atoms with Crippen molar-refractivity contribution in [2.75, 3.05) is 16.4 Å². The Morgan fingerprint density at radius 2 is 1.80 bits per heavy atom. The largest absolute Gasteiger partial charge is 0.325 e. The van der Waals surface area contributed by atoms with Crippen LogP contribution in [0.15, 0.2) is 47.4 Å². The van der Waals surface area contributed by atoms with Gasteiger partial charge in [-0.1, -0.05) is 29.8 Å². The number of carbonyl (C=O) groups is 2. The number of carbonyl (C=O) groups excluding carboxylic acids is 2. The second-order valence-electron chi connectivity index (χ2n) is 6.41. The lowest BCUT2D eigenvalue weighted by atomic mass is 10.1. The van der Waals surface area contributed by atoms with Gasteiger partial charge in [-0.3, -0.25) is 9.59 Å². The van der Waals surface area contributed by atoms with Crippen LogP contribution < -0.4 is 10.6 Å². The Hall–Kier alpha value is -2.27. The van der Waals surface area contributed by atoms with E-state index in [1.54, 1.807) is 0 Å². The number of rotatable bonds is 6. The molecule has 2 aromatic rings. The van der Waals surface area contributed by atoms with Crippen LogP contribution in [0.2, 0.25) is 0 Å². The number of hydrogen-bond acceptors (Lipinski definition) is 3. The molecule has 25 heavy (non-hydrogen) atoms. The summed E-state index contributed by atoms with van der Waals surface area (Å²) in [6, 6.07) is 13.6. The third kappa shape index (κ3) is 4.86. The van der Waals surface area contributed by atoms with Gasteiger partial charge < -0.3 is 10.6 Å². The first-order chi connectivity index (χ1) is 12.0. The minimum absolute atomic E-state index is 0.0553. The molecule has 2 amide bonds. The second-order valence-corrected chi connectivity index (χ2v) is 7.43. The Balaban J connectivity index is 1.59. The number of aryl methyl sites for hydroxylation is 2. The molecule has 1 aliphatic rings. The van der Waals surface area contributed by atoms with Gasteiger partial charge in [-0.05, 0) is 50.5 Å². The average Bonchev–Trinajstić information content (AvgIpc) is 3.42. The van der Waals surface area contributed by atoms with Gasteiger partial charge in [-0.15, -0.1) is 11.8 Å². The zero-order chi connectivity index (χ0) is 17.8. The smallest absolute Gasteiger partial charge is 0.234 e.